The van der Waals surface area contributed by atoms with Gasteiger partial charge in [0.05, 0.1) is 5.56 Å². The normalized spacial score (nSPS) is 12.2. The number of rotatable bonds is 5. The molecule has 1 rings (SSSR count). The van der Waals surface area contributed by atoms with Crippen molar-refractivity contribution < 1.29 is 9.18 Å². The van der Waals surface area contributed by atoms with Crippen LogP contribution < -0.4 is 11.1 Å². The Bertz CT molecular complexity index is 395. The van der Waals surface area contributed by atoms with Crippen molar-refractivity contribution in [2.45, 2.75) is 39.2 Å². The van der Waals surface area contributed by atoms with Gasteiger partial charge in [0.2, 0.25) is 0 Å². The lowest BCUT2D eigenvalue weighted by atomic mass is 10.1. The number of nitrogens with one attached hydrogen (secondary N) is 1. The maximum atomic E-state index is 13.5. The van der Waals surface area contributed by atoms with E-state index in [1.807, 2.05) is 6.92 Å². The molecule has 0 radical (unpaired) electrons. The number of aromatic nitrogens is 1. The summed E-state index contributed by atoms with van der Waals surface area (Å²) < 4.78 is 13.5. The maximum absolute atomic E-state index is 13.5. The van der Waals surface area contributed by atoms with E-state index in [4.69, 9.17) is 5.73 Å². The van der Waals surface area contributed by atoms with Crippen molar-refractivity contribution in [3.8, 4) is 0 Å². The number of hydrogen-bond acceptors (Lipinski definition) is 3. The summed E-state index contributed by atoms with van der Waals surface area (Å²) in [6.07, 6.45) is 4.30. The molecule has 0 aliphatic heterocycles. The summed E-state index contributed by atoms with van der Waals surface area (Å²) in [6, 6.07) is 1.35. The molecular formula is C12H18FN3O. The number of unbranched alkanes of at least 4 members (excludes halogenated alkanes) is 1. The van der Waals surface area contributed by atoms with Gasteiger partial charge in [-0.25, -0.2) is 9.37 Å². The maximum Gasteiger partial charge on any atom is 0.254 e. The third-order valence-corrected chi connectivity index (χ3v) is 2.53. The minimum absolute atomic E-state index is 0.0243. The van der Waals surface area contributed by atoms with Crippen LogP contribution in [-0.4, -0.2) is 16.9 Å². The number of anilines is 1. The Balaban J connectivity index is 2.67. The molecule has 5 heteroatoms. The summed E-state index contributed by atoms with van der Waals surface area (Å²) in [5, 5.41) is 2.74. The van der Waals surface area contributed by atoms with Crippen LogP contribution in [0, 0.1) is 5.82 Å². The van der Waals surface area contributed by atoms with Gasteiger partial charge in [0.15, 0.2) is 11.6 Å². The van der Waals surface area contributed by atoms with E-state index in [2.05, 4.69) is 17.2 Å². The Morgan fingerprint density at radius 1 is 1.65 bits per heavy atom. The lowest BCUT2D eigenvalue weighted by Crippen LogP contribution is -2.33. The zero-order chi connectivity index (χ0) is 12.8. The van der Waals surface area contributed by atoms with Crippen molar-refractivity contribution in [2.75, 3.05) is 5.73 Å². The smallest absolute Gasteiger partial charge is 0.254 e. The third-order valence-electron chi connectivity index (χ3n) is 2.53. The van der Waals surface area contributed by atoms with Gasteiger partial charge < -0.3 is 11.1 Å². The van der Waals surface area contributed by atoms with Crippen LogP contribution in [0.3, 0.4) is 0 Å². The Labute approximate surface area is 100 Å². The van der Waals surface area contributed by atoms with E-state index < -0.39 is 11.7 Å². The van der Waals surface area contributed by atoms with E-state index in [-0.39, 0.29) is 17.4 Å². The Hall–Kier alpha value is -1.65. The molecule has 94 valence electrons. The van der Waals surface area contributed by atoms with Crippen LogP contribution in [0.1, 0.15) is 43.5 Å². The van der Waals surface area contributed by atoms with Gasteiger partial charge in [-0.2, -0.15) is 0 Å². The van der Waals surface area contributed by atoms with Crippen molar-refractivity contribution in [2.24, 2.45) is 0 Å². The Kier molecular flexibility index (Phi) is 4.87. The van der Waals surface area contributed by atoms with Gasteiger partial charge in [0.25, 0.3) is 5.91 Å². The van der Waals surface area contributed by atoms with Crippen LogP contribution in [0.25, 0.3) is 0 Å². The van der Waals surface area contributed by atoms with Gasteiger partial charge in [-0.15, -0.1) is 0 Å². The average molecular weight is 239 g/mol. The number of nitrogens with two attached hydrogens (primary N) is 1. The lowest BCUT2D eigenvalue weighted by Gasteiger charge is -2.13. The van der Waals surface area contributed by atoms with Gasteiger partial charge >= 0.3 is 0 Å². The molecule has 0 aromatic carbocycles. The van der Waals surface area contributed by atoms with E-state index in [9.17, 15) is 9.18 Å². The van der Waals surface area contributed by atoms with Gasteiger partial charge in [-0.05, 0) is 19.4 Å². The van der Waals surface area contributed by atoms with Gasteiger partial charge in [-0.1, -0.05) is 19.8 Å². The van der Waals surface area contributed by atoms with Crippen LogP contribution in [-0.2, 0) is 0 Å². The highest BCUT2D eigenvalue weighted by molar-refractivity contribution is 5.95. The van der Waals surface area contributed by atoms with Gasteiger partial charge in [0.1, 0.15) is 0 Å². The predicted molar refractivity (Wildman–Crippen MR) is 65.1 cm³/mol. The molecule has 0 fully saturated rings. The molecule has 0 bridgehead atoms. The van der Waals surface area contributed by atoms with E-state index in [0.717, 1.165) is 19.3 Å². The number of nitrogens with zero attached hydrogens (tertiary/aromatic N) is 1. The zero-order valence-electron chi connectivity index (χ0n) is 10.2. The highest BCUT2D eigenvalue weighted by Gasteiger charge is 2.15. The summed E-state index contributed by atoms with van der Waals surface area (Å²) in [5.74, 6) is -1.45. The minimum atomic E-state index is -0.757. The summed E-state index contributed by atoms with van der Waals surface area (Å²) >= 11 is 0. The van der Waals surface area contributed by atoms with Gasteiger partial charge in [0, 0.05) is 12.2 Å². The fourth-order valence-corrected chi connectivity index (χ4v) is 1.52. The number of nitrogen functional groups attached to an aromatic ring is 1. The molecule has 1 amide bonds. The summed E-state index contributed by atoms with van der Waals surface area (Å²) in [4.78, 5) is 15.3. The van der Waals surface area contributed by atoms with Crippen LogP contribution in [0.4, 0.5) is 10.2 Å². The number of amides is 1. The van der Waals surface area contributed by atoms with Crippen LogP contribution in [0.2, 0.25) is 0 Å². The second kappa shape index (κ2) is 6.18. The third kappa shape index (κ3) is 3.69. The molecule has 0 aliphatic carbocycles. The number of hydrogen-bond donors (Lipinski definition) is 2. The lowest BCUT2D eigenvalue weighted by molar-refractivity contribution is 0.0934. The van der Waals surface area contributed by atoms with Crippen LogP contribution in [0.5, 0.6) is 0 Å². The second-order valence-corrected chi connectivity index (χ2v) is 4.07. The zero-order valence-corrected chi connectivity index (χ0v) is 10.2. The molecule has 3 N–H and O–H groups in total. The Morgan fingerprint density at radius 2 is 2.35 bits per heavy atom. The van der Waals surface area contributed by atoms with E-state index in [0.29, 0.717) is 0 Å². The van der Waals surface area contributed by atoms with Crippen molar-refractivity contribution in [1.82, 2.24) is 10.3 Å². The molecular weight excluding hydrogens is 221 g/mol. The molecule has 17 heavy (non-hydrogen) atoms. The first-order valence-corrected chi connectivity index (χ1v) is 5.77. The van der Waals surface area contributed by atoms with Crippen LogP contribution in [0.15, 0.2) is 12.3 Å². The molecule has 1 aromatic heterocycles. The molecule has 1 atom stereocenters. The first kappa shape index (κ1) is 13.4. The molecule has 0 aliphatic rings. The molecule has 1 unspecified atom stereocenters. The molecule has 0 saturated carbocycles. The average Bonchev–Trinajstić information content (AvgIpc) is 2.29. The van der Waals surface area contributed by atoms with Crippen molar-refractivity contribution in [3.63, 3.8) is 0 Å². The first-order chi connectivity index (χ1) is 8.06. The molecule has 0 spiro atoms. The number of carbonyl (C=O) groups is 1. The minimum Gasteiger partial charge on any atom is -0.381 e. The van der Waals surface area contributed by atoms with E-state index in [1.165, 1.54) is 12.3 Å². The highest BCUT2D eigenvalue weighted by Crippen LogP contribution is 2.12. The standard InChI is InChI=1S/C12H18FN3O/c1-3-4-5-8(2)16-12(17)9-6-7-15-11(14)10(9)13/h6-8H,3-5H2,1-2H3,(H2,14,15)(H,16,17). The highest BCUT2D eigenvalue weighted by atomic mass is 19.1. The number of halogens is 1. The quantitative estimate of drug-likeness (QED) is 0.827. The van der Waals surface area contributed by atoms with E-state index >= 15 is 0 Å². The van der Waals surface area contributed by atoms with Crippen molar-refractivity contribution in [3.05, 3.63) is 23.6 Å². The monoisotopic (exact) mass is 239 g/mol. The number of pyridine rings is 1. The van der Waals surface area contributed by atoms with Gasteiger partial charge in [-0.3, -0.25) is 4.79 Å². The second-order valence-electron chi connectivity index (χ2n) is 4.07. The SMILES string of the molecule is CCCCC(C)NC(=O)c1ccnc(N)c1F. The summed E-state index contributed by atoms with van der Waals surface area (Å²) in [6.45, 7) is 3.98. The predicted octanol–water partition coefficient (Wildman–Crippen LogP) is 2.11. The first-order valence-electron chi connectivity index (χ1n) is 5.77. The van der Waals surface area contributed by atoms with Crippen molar-refractivity contribution in [1.29, 1.82) is 0 Å². The largest absolute Gasteiger partial charge is 0.381 e. The molecule has 1 heterocycles. The number of carbonyl (C=O) groups excluding carboxylic acids is 1. The molecule has 4 nitrogen and oxygen atoms in total. The fraction of sp³-hybridized carbons (Fsp3) is 0.500. The van der Waals surface area contributed by atoms with E-state index in [1.54, 1.807) is 0 Å². The fourth-order valence-electron chi connectivity index (χ4n) is 1.52. The topological polar surface area (TPSA) is 68.0 Å². The summed E-state index contributed by atoms with van der Waals surface area (Å²) in [7, 11) is 0. The Morgan fingerprint density at radius 3 is 3.00 bits per heavy atom. The van der Waals surface area contributed by atoms with Crippen molar-refractivity contribution >= 4 is 11.7 Å². The molecule has 1 aromatic rings. The van der Waals surface area contributed by atoms with Crippen LogP contribution >= 0.6 is 0 Å². The summed E-state index contributed by atoms with van der Waals surface area (Å²) in [5.41, 5.74) is 5.25. The molecule has 0 saturated heterocycles.